The average molecular weight is 556 g/mol. The van der Waals surface area contributed by atoms with Crippen LogP contribution in [0.3, 0.4) is 0 Å². The number of hydrogen-bond acceptors (Lipinski definition) is 6. The topological polar surface area (TPSA) is 81.5 Å². The molecule has 2 heterocycles. The first-order valence-corrected chi connectivity index (χ1v) is 12.6. The van der Waals surface area contributed by atoms with Crippen molar-refractivity contribution in [3.63, 3.8) is 0 Å². The smallest absolute Gasteiger partial charge is 0.416 e. The van der Waals surface area contributed by atoms with Gasteiger partial charge in [0.1, 0.15) is 23.3 Å². The van der Waals surface area contributed by atoms with Crippen molar-refractivity contribution in [3.8, 4) is 23.1 Å². The Hall–Kier alpha value is -4.17. The number of amides is 1. The van der Waals surface area contributed by atoms with Crippen LogP contribution in [0.4, 0.5) is 23.2 Å². The number of alkyl halides is 3. The number of rotatable bonds is 7. The Morgan fingerprint density at radius 1 is 1.18 bits per heavy atom. The van der Waals surface area contributed by atoms with E-state index in [4.69, 9.17) is 4.74 Å². The summed E-state index contributed by atoms with van der Waals surface area (Å²) in [6, 6.07) is 13.2. The summed E-state index contributed by atoms with van der Waals surface area (Å²) < 4.78 is 60.4. The number of aromatic nitrogens is 1. The Morgan fingerprint density at radius 2 is 1.88 bits per heavy atom. The number of pyridine rings is 1. The predicted octanol–water partition coefficient (Wildman–Crippen LogP) is 4.96. The molecule has 0 unspecified atom stereocenters. The second-order valence-corrected chi connectivity index (χ2v) is 9.95. The first-order chi connectivity index (χ1) is 19.0. The molecule has 0 radical (unpaired) electrons. The van der Waals surface area contributed by atoms with E-state index >= 15 is 4.39 Å². The van der Waals surface area contributed by atoms with Crippen LogP contribution in [0, 0.1) is 17.1 Å². The van der Waals surface area contributed by atoms with Crippen LogP contribution >= 0.6 is 0 Å². The number of carbonyl (C=O) groups excluding carboxylic acids is 1. The van der Waals surface area contributed by atoms with Crippen LogP contribution in [-0.2, 0) is 16.5 Å². The van der Waals surface area contributed by atoms with Crippen LogP contribution in [0.25, 0.3) is 11.3 Å². The highest BCUT2D eigenvalue weighted by molar-refractivity contribution is 5.79. The number of likely N-dealkylation sites (N-methyl/N-ethyl adjacent to an activating group) is 1. The van der Waals surface area contributed by atoms with Crippen molar-refractivity contribution in [2.24, 2.45) is 0 Å². The molecule has 2 aromatic carbocycles. The van der Waals surface area contributed by atoms with Gasteiger partial charge in [-0.1, -0.05) is 12.1 Å². The van der Waals surface area contributed by atoms with E-state index in [0.717, 1.165) is 12.1 Å². The Labute approximate surface area is 230 Å². The number of anilines is 1. The van der Waals surface area contributed by atoms with Crippen molar-refractivity contribution in [1.82, 2.24) is 15.2 Å². The zero-order chi connectivity index (χ0) is 29.1. The van der Waals surface area contributed by atoms with E-state index in [1.807, 2.05) is 11.0 Å². The van der Waals surface area contributed by atoms with Gasteiger partial charge in [-0.2, -0.15) is 18.4 Å². The van der Waals surface area contributed by atoms with E-state index in [1.165, 1.54) is 25.4 Å². The van der Waals surface area contributed by atoms with Gasteiger partial charge in [-0.05, 0) is 68.9 Å². The molecule has 210 valence electrons. The molecule has 0 saturated carbocycles. The lowest BCUT2D eigenvalue weighted by molar-refractivity contribution is -0.137. The molecule has 3 aromatic rings. The summed E-state index contributed by atoms with van der Waals surface area (Å²) in [5.41, 5.74) is -0.518. The monoisotopic (exact) mass is 555 g/mol. The lowest BCUT2D eigenvalue weighted by atomic mass is 9.80. The first kappa shape index (κ1) is 28.8. The molecule has 1 fully saturated rings. The third-order valence-corrected chi connectivity index (χ3v) is 7.00. The number of nitrogens with zero attached hydrogens (tertiary/aromatic N) is 4. The number of hydrogen-bond donors (Lipinski definition) is 1. The number of ether oxygens (including phenoxy) is 1. The number of nitrogens with one attached hydrogen (secondary N) is 1. The molecule has 1 N–H and O–H groups in total. The van der Waals surface area contributed by atoms with Crippen LogP contribution in [0.1, 0.15) is 29.5 Å². The summed E-state index contributed by atoms with van der Waals surface area (Å²) in [5, 5.41) is 12.6. The van der Waals surface area contributed by atoms with Crippen LogP contribution in [-0.4, -0.2) is 56.6 Å². The van der Waals surface area contributed by atoms with Crippen molar-refractivity contribution in [3.05, 3.63) is 77.2 Å². The summed E-state index contributed by atoms with van der Waals surface area (Å²) in [7, 11) is 5.00. The maximum atomic E-state index is 15.5. The molecule has 40 heavy (non-hydrogen) atoms. The summed E-state index contributed by atoms with van der Waals surface area (Å²) in [5.74, 6) is -0.381. The maximum absolute atomic E-state index is 15.5. The number of carbonyl (C=O) groups is 1. The average Bonchev–Trinajstić information content (AvgIpc) is 2.92. The molecule has 0 aliphatic carbocycles. The van der Waals surface area contributed by atoms with Crippen LogP contribution in [0.5, 0.6) is 5.75 Å². The van der Waals surface area contributed by atoms with Gasteiger partial charge < -0.3 is 19.9 Å². The molecule has 1 amide bonds. The Kier molecular flexibility index (Phi) is 8.30. The third kappa shape index (κ3) is 6.02. The van der Waals surface area contributed by atoms with Crippen LogP contribution < -0.4 is 15.0 Å². The molecule has 0 atom stereocenters. The lowest BCUT2D eigenvalue weighted by Crippen LogP contribution is -2.54. The largest absolute Gasteiger partial charge is 0.496 e. The Balaban J connectivity index is 1.66. The van der Waals surface area contributed by atoms with Crippen molar-refractivity contribution in [2.75, 3.05) is 45.7 Å². The standard InChI is InChI=1S/C29H29F4N5O2/c1-37(2)18-26(39)36-28(21-15-23(30)27(35-17-21)22-6-4-5-7-25(22)40-3)10-12-38(13-11-28)24-9-8-20(29(31,32)33)14-19(24)16-34/h4-9,14-15,17H,10-13,18H2,1-3H3,(H,36,39). The molecule has 1 aromatic heterocycles. The van der Waals surface area contributed by atoms with E-state index in [-0.39, 0.29) is 23.7 Å². The number of methoxy groups -OCH3 is 1. The molecule has 1 aliphatic rings. The van der Waals surface area contributed by atoms with E-state index in [1.54, 1.807) is 43.3 Å². The highest BCUT2D eigenvalue weighted by atomic mass is 19.4. The molecule has 11 heteroatoms. The van der Waals surface area contributed by atoms with E-state index in [2.05, 4.69) is 10.3 Å². The Morgan fingerprint density at radius 3 is 2.48 bits per heavy atom. The third-order valence-electron chi connectivity index (χ3n) is 7.00. The van der Waals surface area contributed by atoms with Crippen molar-refractivity contribution in [2.45, 2.75) is 24.6 Å². The minimum atomic E-state index is -4.56. The number of piperidine rings is 1. The summed E-state index contributed by atoms with van der Waals surface area (Å²) >= 11 is 0. The fourth-order valence-corrected chi connectivity index (χ4v) is 5.02. The minimum absolute atomic E-state index is 0.0900. The fourth-order valence-electron chi connectivity index (χ4n) is 5.02. The highest BCUT2D eigenvalue weighted by Crippen LogP contribution is 2.39. The van der Waals surface area contributed by atoms with Gasteiger partial charge in [-0.25, -0.2) is 4.39 Å². The second-order valence-electron chi connectivity index (χ2n) is 9.95. The van der Waals surface area contributed by atoms with Gasteiger partial charge in [0.15, 0.2) is 0 Å². The number of para-hydroxylation sites is 1. The fraction of sp³-hybridized carbons (Fsp3) is 0.345. The van der Waals surface area contributed by atoms with E-state index in [0.29, 0.717) is 48.5 Å². The van der Waals surface area contributed by atoms with Gasteiger partial charge in [0, 0.05) is 24.8 Å². The van der Waals surface area contributed by atoms with Gasteiger partial charge in [0.25, 0.3) is 0 Å². The molecular formula is C29H29F4N5O2. The lowest BCUT2D eigenvalue weighted by Gasteiger charge is -2.44. The first-order valence-electron chi connectivity index (χ1n) is 12.6. The molecular weight excluding hydrogens is 526 g/mol. The van der Waals surface area contributed by atoms with Gasteiger partial charge >= 0.3 is 6.18 Å². The predicted molar refractivity (Wildman–Crippen MR) is 142 cm³/mol. The zero-order valence-corrected chi connectivity index (χ0v) is 22.3. The molecule has 0 spiro atoms. The SMILES string of the molecule is COc1ccccc1-c1ncc(C2(NC(=O)CN(C)C)CCN(c3ccc(C(F)(F)F)cc3C#N)CC2)cc1F. The summed E-state index contributed by atoms with van der Waals surface area (Å²) in [6.45, 7) is 0.717. The quantitative estimate of drug-likeness (QED) is 0.415. The molecule has 1 aliphatic heterocycles. The van der Waals surface area contributed by atoms with Crippen molar-refractivity contribution >= 4 is 11.6 Å². The molecule has 1 saturated heterocycles. The minimum Gasteiger partial charge on any atom is -0.496 e. The van der Waals surface area contributed by atoms with E-state index in [9.17, 15) is 23.2 Å². The summed E-state index contributed by atoms with van der Waals surface area (Å²) in [4.78, 5) is 20.8. The zero-order valence-electron chi connectivity index (χ0n) is 22.3. The van der Waals surface area contributed by atoms with Gasteiger partial charge in [0.2, 0.25) is 5.91 Å². The maximum Gasteiger partial charge on any atom is 0.416 e. The summed E-state index contributed by atoms with van der Waals surface area (Å²) in [6.07, 6.45) is -2.40. The van der Waals surface area contributed by atoms with Crippen LogP contribution in [0.15, 0.2) is 54.7 Å². The van der Waals surface area contributed by atoms with Crippen molar-refractivity contribution < 1.29 is 27.1 Å². The Bertz CT molecular complexity index is 1430. The van der Waals surface area contributed by atoms with Gasteiger partial charge in [-0.15, -0.1) is 0 Å². The van der Waals surface area contributed by atoms with Gasteiger partial charge in [-0.3, -0.25) is 9.78 Å². The molecule has 7 nitrogen and oxygen atoms in total. The number of halogens is 4. The molecule has 4 rings (SSSR count). The van der Waals surface area contributed by atoms with Crippen molar-refractivity contribution in [1.29, 1.82) is 5.26 Å². The van der Waals surface area contributed by atoms with Crippen LogP contribution in [0.2, 0.25) is 0 Å². The van der Waals surface area contributed by atoms with Gasteiger partial charge in [0.05, 0.1) is 36.0 Å². The normalized spacial score (nSPS) is 15.0. The van der Waals surface area contributed by atoms with E-state index < -0.39 is 23.1 Å². The second kappa shape index (κ2) is 11.5. The molecule has 0 bridgehead atoms. The highest BCUT2D eigenvalue weighted by Gasteiger charge is 2.39. The number of benzene rings is 2. The number of nitriles is 1.